The first-order valence-corrected chi connectivity index (χ1v) is 10.4. The van der Waals surface area contributed by atoms with Crippen molar-refractivity contribution in [2.75, 3.05) is 31.2 Å². The molecule has 0 saturated carbocycles. The highest BCUT2D eigenvalue weighted by atomic mass is 32.1. The van der Waals surface area contributed by atoms with Crippen molar-refractivity contribution in [3.63, 3.8) is 0 Å². The number of morpholine rings is 1. The van der Waals surface area contributed by atoms with Crippen LogP contribution in [0.5, 0.6) is 0 Å². The van der Waals surface area contributed by atoms with Gasteiger partial charge in [-0.1, -0.05) is 18.2 Å². The molecule has 1 fully saturated rings. The molecule has 0 spiro atoms. The summed E-state index contributed by atoms with van der Waals surface area (Å²) in [5.41, 5.74) is 2.81. The Morgan fingerprint density at radius 3 is 2.70 bits per heavy atom. The molecule has 30 heavy (non-hydrogen) atoms. The van der Waals surface area contributed by atoms with Crippen LogP contribution in [0.2, 0.25) is 0 Å². The maximum atomic E-state index is 11.0. The molecule has 0 radical (unpaired) electrons. The van der Waals surface area contributed by atoms with Crippen molar-refractivity contribution >= 4 is 56.1 Å². The van der Waals surface area contributed by atoms with E-state index >= 15 is 0 Å². The number of hydrogen-bond donors (Lipinski definition) is 0. The van der Waals surface area contributed by atoms with Crippen LogP contribution >= 0.6 is 11.3 Å². The minimum atomic E-state index is -0.385. The Kier molecular flexibility index (Phi) is 4.86. The Bertz CT molecular complexity index is 1280. The zero-order chi connectivity index (χ0) is 20.5. The van der Waals surface area contributed by atoms with Crippen molar-refractivity contribution in [2.24, 2.45) is 0 Å². The molecule has 0 amide bonds. The van der Waals surface area contributed by atoms with Gasteiger partial charge in [0.05, 0.1) is 33.9 Å². The number of thiazole rings is 1. The van der Waals surface area contributed by atoms with Gasteiger partial charge in [0.2, 0.25) is 0 Å². The monoisotopic (exact) mass is 418 g/mol. The number of fused-ring (bicyclic) bond motifs is 2. The van der Waals surface area contributed by atoms with Crippen molar-refractivity contribution in [3.05, 3.63) is 69.2 Å². The molecule has 8 heteroatoms. The van der Waals surface area contributed by atoms with Gasteiger partial charge >= 0.3 is 0 Å². The van der Waals surface area contributed by atoms with E-state index in [1.54, 1.807) is 12.1 Å². The zero-order valence-corrected chi connectivity index (χ0v) is 16.8. The fraction of sp³-hybridized carbons (Fsp3) is 0.182. The van der Waals surface area contributed by atoms with Gasteiger partial charge in [0, 0.05) is 36.2 Å². The summed E-state index contributed by atoms with van der Waals surface area (Å²) in [6.45, 7) is 2.98. The Labute approximate surface area is 176 Å². The highest BCUT2D eigenvalue weighted by molar-refractivity contribution is 7.19. The van der Waals surface area contributed by atoms with E-state index in [-0.39, 0.29) is 10.6 Å². The molecule has 0 atom stereocenters. The van der Waals surface area contributed by atoms with Crippen LogP contribution < -0.4 is 4.90 Å². The first-order valence-electron chi connectivity index (χ1n) is 9.63. The van der Waals surface area contributed by atoms with Crippen molar-refractivity contribution in [1.82, 2.24) is 9.97 Å². The lowest BCUT2D eigenvalue weighted by atomic mass is 10.1. The molecule has 1 aliphatic rings. The van der Waals surface area contributed by atoms with Gasteiger partial charge in [-0.3, -0.25) is 10.1 Å². The van der Waals surface area contributed by atoms with Crippen LogP contribution in [0.15, 0.2) is 48.5 Å². The van der Waals surface area contributed by atoms with E-state index in [9.17, 15) is 10.1 Å². The molecule has 0 aliphatic carbocycles. The number of hydrogen-bond acceptors (Lipinski definition) is 7. The Balaban J connectivity index is 1.54. The number of nitrogens with zero attached hydrogens (tertiary/aromatic N) is 4. The number of nitro benzene ring substituents is 1. The maximum Gasteiger partial charge on any atom is 0.270 e. The van der Waals surface area contributed by atoms with E-state index in [2.05, 4.69) is 22.0 Å². The number of nitro groups is 1. The molecule has 5 rings (SSSR count). The number of benzene rings is 2. The van der Waals surface area contributed by atoms with Crippen molar-refractivity contribution in [1.29, 1.82) is 0 Å². The highest BCUT2D eigenvalue weighted by Gasteiger charge is 2.16. The number of non-ortho nitro benzene ring substituents is 1. The van der Waals surface area contributed by atoms with Crippen molar-refractivity contribution < 1.29 is 9.66 Å². The predicted octanol–water partition coefficient (Wildman–Crippen LogP) is 4.76. The van der Waals surface area contributed by atoms with Gasteiger partial charge in [-0.25, -0.2) is 9.97 Å². The van der Waals surface area contributed by atoms with Gasteiger partial charge in [-0.05, 0) is 30.4 Å². The summed E-state index contributed by atoms with van der Waals surface area (Å²) in [7, 11) is 0. The van der Waals surface area contributed by atoms with Crippen molar-refractivity contribution in [3.8, 4) is 0 Å². The smallest absolute Gasteiger partial charge is 0.270 e. The van der Waals surface area contributed by atoms with Crippen molar-refractivity contribution in [2.45, 2.75) is 0 Å². The van der Waals surface area contributed by atoms with Gasteiger partial charge in [0.1, 0.15) is 10.8 Å². The van der Waals surface area contributed by atoms with Crippen LogP contribution in [0.3, 0.4) is 0 Å². The van der Waals surface area contributed by atoms with Crippen LogP contribution in [0, 0.1) is 10.1 Å². The molecule has 150 valence electrons. The largest absolute Gasteiger partial charge is 0.378 e. The molecule has 2 aromatic carbocycles. The predicted molar refractivity (Wildman–Crippen MR) is 120 cm³/mol. The number of aromatic nitrogens is 2. The molecule has 1 saturated heterocycles. The summed E-state index contributed by atoms with van der Waals surface area (Å²) in [5, 5.41) is 12.9. The molecule has 4 aromatic rings. The summed E-state index contributed by atoms with van der Waals surface area (Å²) in [5.74, 6) is 0.935. The standard InChI is InChI=1S/C22H18N4O3S/c27-26(28)17-6-7-19-20(14-17)30-21(23-19)8-5-16-13-15-3-1-2-4-18(15)24-22(16)25-9-11-29-12-10-25/h1-8,13-14H,9-12H2/b8-5+. The van der Waals surface area contributed by atoms with Gasteiger partial charge in [-0.2, -0.15) is 0 Å². The molecule has 1 aliphatic heterocycles. The van der Waals surface area contributed by atoms with Crippen LogP contribution in [0.4, 0.5) is 11.5 Å². The van der Waals surface area contributed by atoms with E-state index in [1.165, 1.54) is 17.4 Å². The Hall–Kier alpha value is -3.36. The molecular formula is C22H18N4O3S. The first kappa shape index (κ1) is 18.7. The Morgan fingerprint density at radius 1 is 1.03 bits per heavy atom. The number of pyridine rings is 1. The molecular weight excluding hydrogens is 400 g/mol. The topological polar surface area (TPSA) is 81.4 Å². The maximum absolute atomic E-state index is 11.0. The molecule has 7 nitrogen and oxygen atoms in total. The van der Waals surface area contributed by atoms with Gasteiger partial charge in [0.15, 0.2) is 0 Å². The molecule has 0 unspecified atom stereocenters. The van der Waals surface area contributed by atoms with E-state index in [4.69, 9.17) is 9.72 Å². The van der Waals surface area contributed by atoms with Crippen LogP contribution in [-0.4, -0.2) is 41.2 Å². The summed E-state index contributed by atoms with van der Waals surface area (Å²) < 4.78 is 6.29. The van der Waals surface area contributed by atoms with Gasteiger partial charge in [-0.15, -0.1) is 11.3 Å². The van der Waals surface area contributed by atoms with E-state index in [0.29, 0.717) is 13.2 Å². The third-order valence-electron chi connectivity index (χ3n) is 5.05. The van der Waals surface area contributed by atoms with Crippen LogP contribution in [0.25, 0.3) is 33.3 Å². The summed E-state index contributed by atoms with van der Waals surface area (Å²) in [6, 6.07) is 15.0. The highest BCUT2D eigenvalue weighted by Crippen LogP contribution is 2.29. The number of ether oxygens (including phenoxy) is 1. The normalized spacial score (nSPS) is 14.7. The van der Waals surface area contributed by atoms with E-state index in [1.807, 2.05) is 30.4 Å². The van der Waals surface area contributed by atoms with E-state index in [0.717, 1.165) is 50.6 Å². The fourth-order valence-electron chi connectivity index (χ4n) is 3.55. The fourth-order valence-corrected chi connectivity index (χ4v) is 4.45. The third kappa shape index (κ3) is 3.62. The lowest BCUT2D eigenvalue weighted by molar-refractivity contribution is -0.384. The number of rotatable bonds is 4. The second kappa shape index (κ2) is 7.81. The van der Waals surface area contributed by atoms with Gasteiger partial charge in [0.25, 0.3) is 5.69 Å². The lowest BCUT2D eigenvalue weighted by Crippen LogP contribution is -2.37. The lowest BCUT2D eigenvalue weighted by Gasteiger charge is -2.29. The quantitative estimate of drug-likeness (QED) is 0.351. The third-order valence-corrected chi connectivity index (χ3v) is 6.03. The average Bonchev–Trinajstić information content (AvgIpc) is 3.20. The molecule has 3 heterocycles. The summed E-state index contributed by atoms with van der Waals surface area (Å²) >= 11 is 1.44. The Morgan fingerprint density at radius 2 is 1.87 bits per heavy atom. The minimum Gasteiger partial charge on any atom is -0.378 e. The first-order chi connectivity index (χ1) is 14.7. The zero-order valence-electron chi connectivity index (χ0n) is 16.0. The molecule has 0 bridgehead atoms. The van der Waals surface area contributed by atoms with Gasteiger partial charge < -0.3 is 9.64 Å². The average molecular weight is 418 g/mol. The van der Waals surface area contributed by atoms with Crippen LogP contribution in [-0.2, 0) is 4.74 Å². The second-order valence-corrected chi connectivity index (χ2v) is 8.05. The summed E-state index contributed by atoms with van der Waals surface area (Å²) in [4.78, 5) is 22.4. The SMILES string of the molecule is O=[N+]([O-])c1ccc2nc(/C=C/c3cc4ccccc4nc3N3CCOCC3)sc2c1. The molecule has 2 aromatic heterocycles. The number of anilines is 1. The van der Waals surface area contributed by atoms with E-state index < -0.39 is 0 Å². The number of para-hydroxylation sites is 1. The molecule has 0 N–H and O–H groups in total. The van der Waals surface area contributed by atoms with Crippen LogP contribution in [0.1, 0.15) is 10.6 Å². The second-order valence-electron chi connectivity index (χ2n) is 6.99. The minimum absolute atomic E-state index is 0.0787. The summed E-state index contributed by atoms with van der Waals surface area (Å²) in [6.07, 6.45) is 3.97.